The van der Waals surface area contributed by atoms with Crippen LogP contribution in [0.15, 0.2) is 0 Å². The quantitative estimate of drug-likeness (QED) is 0.799. The van der Waals surface area contributed by atoms with E-state index in [9.17, 15) is 5.11 Å². The maximum atomic E-state index is 9.18. The minimum absolute atomic E-state index is 0.148. The van der Waals surface area contributed by atoms with E-state index in [1.54, 1.807) is 6.92 Å². The van der Waals surface area contributed by atoms with E-state index in [1.807, 2.05) is 18.7 Å². The summed E-state index contributed by atoms with van der Waals surface area (Å²) in [7, 11) is 0. The molecule has 0 aliphatic carbocycles. The van der Waals surface area contributed by atoms with Crippen molar-refractivity contribution in [3.05, 3.63) is 5.28 Å². The lowest BCUT2D eigenvalue weighted by Crippen LogP contribution is -2.25. The van der Waals surface area contributed by atoms with Gasteiger partial charge < -0.3 is 15.3 Å². The van der Waals surface area contributed by atoms with Gasteiger partial charge in [-0.1, -0.05) is 0 Å². The molecule has 0 aliphatic rings. The molecule has 1 rings (SSSR count). The van der Waals surface area contributed by atoms with Gasteiger partial charge in [-0.15, -0.1) is 0 Å². The van der Waals surface area contributed by atoms with Gasteiger partial charge in [0.25, 0.3) is 0 Å². The van der Waals surface area contributed by atoms with Crippen LogP contribution in [0.5, 0.6) is 0 Å². The number of hydrogen-bond acceptors (Lipinski definition) is 6. The number of anilines is 2. The van der Waals surface area contributed by atoms with Crippen molar-refractivity contribution in [1.29, 1.82) is 0 Å². The number of aliphatic hydroxyl groups is 1. The highest BCUT2D eigenvalue weighted by molar-refractivity contribution is 6.28. The van der Waals surface area contributed by atoms with Crippen molar-refractivity contribution in [1.82, 2.24) is 15.0 Å². The molecule has 0 radical (unpaired) electrons. The Bertz CT molecular complexity index is 357. The van der Waals surface area contributed by atoms with Gasteiger partial charge in [0, 0.05) is 19.6 Å². The summed E-state index contributed by atoms with van der Waals surface area (Å²) in [5.41, 5.74) is 0. The third-order valence-corrected chi connectivity index (χ3v) is 2.37. The highest BCUT2D eigenvalue weighted by atomic mass is 35.5. The minimum Gasteiger partial charge on any atom is -0.392 e. The van der Waals surface area contributed by atoms with E-state index >= 15 is 0 Å². The predicted octanol–water partition coefficient (Wildman–Crippen LogP) is 1.16. The third kappa shape index (κ3) is 4.32. The normalized spacial score (nSPS) is 12.3. The first kappa shape index (κ1) is 13.9. The van der Waals surface area contributed by atoms with Crippen molar-refractivity contribution < 1.29 is 5.11 Å². The molecule has 0 aromatic carbocycles. The second-order valence-electron chi connectivity index (χ2n) is 3.63. The fourth-order valence-electron chi connectivity index (χ4n) is 1.31. The smallest absolute Gasteiger partial charge is 0.231 e. The highest BCUT2D eigenvalue weighted by Gasteiger charge is 2.10. The van der Waals surface area contributed by atoms with Crippen LogP contribution in [-0.2, 0) is 0 Å². The number of aliphatic hydroxyl groups excluding tert-OH is 1. The van der Waals surface area contributed by atoms with Crippen molar-refractivity contribution in [3.8, 4) is 0 Å². The summed E-state index contributed by atoms with van der Waals surface area (Å²) in [5, 5.41) is 12.2. The van der Waals surface area contributed by atoms with Crippen LogP contribution in [0.25, 0.3) is 0 Å². The average Bonchev–Trinajstić information content (AvgIpc) is 2.27. The first-order valence-corrected chi connectivity index (χ1v) is 6.03. The lowest BCUT2D eigenvalue weighted by molar-refractivity contribution is 0.208. The third-order valence-electron chi connectivity index (χ3n) is 2.20. The minimum atomic E-state index is -0.470. The van der Waals surface area contributed by atoms with Gasteiger partial charge in [0.2, 0.25) is 17.2 Å². The second-order valence-corrected chi connectivity index (χ2v) is 3.97. The standard InChI is InChI=1S/C10H18ClN5O/c1-4-16(5-2)10-14-8(11)13-9(15-10)12-6-7(3)17/h7,17H,4-6H2,1-3H3,(H,12,13,14,15). The lowest BCUT2D eigenvalue weighted by Gasteiger charge is -2.18. The van der Waals surface area contributed by atoms with Crippen LogP contribution in [0.4, 0.5) is 11.9 Å². The van der Waals surface area contributed by atoms with Crippen LogP contribution in [-0.4, -0.2) is 45.8 Å². The molecule has 0 bridgehead atoms. The van der Waals surface area contributed by atoms with Gasteiger partial charge in [0.05, 0.1) is 6.10 Å². The van der Waals surface area contributed by atoms with Crippen LogP contribution in [0, 0.1) is 0 Å². The van der Waals surface area contributed by atoms with Gasteiger partial charge in [-0.3, -0.25) is 0 Å². The Labute approximate surface area is 106 Å². The molecule has 1 atom stereocenters. The Morgan fingerprint density at radius 1 is 1.29 bits per heavy atom. The Morgan fingerprint density at radius 2 is 1.94 bits per heavy atom. The van der Waals surface area contributed by atoms with E-state index in [1.165, 1.54) is 0 Å². The van der Waals surface area contributed by atoms with Crippen molar-refractivity contribution in [2.75, 3.05) is 29.9 Å². The number of nitrogens with one attached hydrogen (secondary N) is 1. The highest BCUT2D eigenvalue weighted by Crippen LogP contribution is 2.13. The molecule has 1 aromatic rings. The van der Waals surface area contributed by atoms with Gasteiger partial charge in [0.1, 0.15) is 0 Å². The zero-order valence-electron chi connectivity index (χ0n) is 10.3. The molecule has 6 nitrogen and oxygen atoms in total. The summed E-state index contributed by atoms with van der Waals surface area (Å²) in [6, 6.07) is 0. The summed E-state index contributed by atoms with van der Waals surface area (Å²) >= 11 is 5.83. The van der Waals surface area contributed by atoms with Crippen LogP contribution < -0.4 is 10.2 Å². The first-order chi connectivity index (χ1) is 8.06. The molecule has 0 saturated heterocycles. The molecule has 1 heterocycles. The van der Waals surface area contributed by atoms with Crippen LogP contribution in [0.1, 0.15) is 20.8 Å². The molecule has 1 unspecified atom stereocenters. The predicted molar refractivity (Wildman–Crippen MR) is 68.6 cm³/mol. The van der Waals surface area contributed by atoms with Crippen molar-refractivity contribution >= 4 is 23.5 Å². The summed E-state index contributed by atoms with van der Waals surface area (Å²) < 4.78 is 0. The number of halogens is 1. The average molecular weight is 260 g/mol. The van der Waals surface area contributed by atoms with Crippen molar-refractivity contribution in [2.24, 2.45) is 0 Å². The van der Waals surface area contributed by atoms with Crippen LogP contribution in [0.3, 0.4) is 0 Å². The zero-order chi connectivity index (χ0) is 12.8. The van der Waals surface area contributed by atoms with E-state index in [-0.39, 0.29) is 5.28 Å². The number of rotatable bonds is 6. The Kier molecular flexibility index (Phi) is 5.37. The van der Waals surface area contributed by atoms with Crippen LogP contribution >= 0.6 is 11.6 Å². The molecule has 2 N–H and O–H groups in total. The zero-order valence-corrected chi connectivity index (χ0v) is 11.1. The van der Waals surface area contributed by atoms with Gasteiger partial charge in [-0.05, 0) is 32.4 Å². The van der Waals surface area contributed by atoms with Gasteiger partial charge in [0.15, 0.2) is 0 Å². The molecular weight excluding hydrogens is 242 g/mol. The molecular formula is C10H18ClN5O. The SMILES string of the molecule is CCN(CC)c1nc(Cl)nc(NCC(C)O)n1. The summed E-state index contributed by atoms with van der Waals surface area (Å²) in [5.74, 6) is 0.927. The lowest BCUT2D eigenvalue weighted by atomic mass is 10.4. The maximum Gasteiger partial charge on any atom is 0.231 e. The Morgan fingerprint density at radius 3 is 2.47 bits per heavy atom. The maximum absolute atomic E-state index is 9.18. The molecule has 0 amide bonds. The van der Waals surface area contributed by atoms with Crippen molar-refractivity contribution in [2.45, 2.75) is 26.9 Å². The first-order valence-electron chi connectivity index (χ1n) is 5.65. The fraction of sp³-hybridized carbons (Fsp3) is 0.700. The summed E-state index contributed by atoms with van der Waals surface area (Å²) in [6.07, 6.45) is -0.470. The monoisotopic (exact) mass is 259 g/mol. The molecule has 1 aromatic heterocycles. The molecule has 0 spiro atoms. The van der Waals surface area contributed by atoms with Crippen LogP contribution in [0.2, 0.25) is 5.28 Å². The molecule has 7 heteroatoms. The second kappa shape index (κ2) is 6.56. The Balaban J connectivity index is 2.85. The van der Waals surface area contributed by atoms with Crippen molar-refractivity contribution in [3.63, 3.8) is 0 Å². The van der Waals surface area contributed by atoms with Gasteiger partial charge in [-0.25, -0.2) is 0 Å². The molecule has 0 aliphatic heterocycles. The Hall–Kier alpha value is -1.14. The van der Waals surface area contributed by atoms with Gasteiger partial charge in [-0.2, -0.15) is 15.0 Å². The number of aromatic nitrogens is 3. The summed E-state index contributed by atoms with van der Waals surface area (Å²) in [4.78, 5) is 14.2. The molecule has 0 fully saturated rings. The summed E-state index contributed by atoms with van der Waals surface area (Å²) in [6.45, 7) is 7.69. The number of nitrogens with zero attached hydrogens (tertiary/aromatic N) is 4. The number of hydrogen-bond donors (Lipinski definition) is 2. The van der Waals surface area contributed by atoms with E-state index in [2.05, 4.69) is 20.3 Å². The van der Waals surface area contributed by atoms with E-state index in [0.29, 0.717) is 18.4 Å². The largest absolute Gasteiger partial charge is 0.392 e. The van der Waals surface area contributed by atoms with E-state index in [0.717, 1.165) is 13.1 Å². The van der Waals surface area contributed by atoms with E-state index in [4.69, 9.17) is 11.6 Å². The topological polar surface area (TPSA) is 74.2 Å². The molecule has 96 valence electrons. The molecule has 17 heavy (non-hydrogen) atoms. The van der Waals surface area contributed by atoms with Gasteiger partial charge >= 0.3 is 0 Å². The molecule has 0 saturated carbocycles. The van der Waals surface area contributed by atoms with E-state index < -0.39 is 6.10 Å². The fourth-order valence-corrected chi connectivity index (χ4v) is 1.46.